The Labute approximate surface area is 143 Å². The van der Waals surface area contributed by atoms with E-state index in [1.807, 2.05) is 26.0 Å². The number of aliphatic carboxylic acids is 1. The molecule has 128 valence electrons. The molecule has 1 saturated carbocycles. The molecular weight excluding hydrogens is 328 g/mol. The summed E-state index contributed by atoms with van der Waals surface area (Å²) in [5.74, 6) is -3.33. The van der Waals surface area contributed by atoms with Gasteiger partial charge >= 0.3 is 5.97 Å². The van der Waals surface area contributed by atoms with Crippen LogP contribution in [0.1, 0.15) is 33.6 Å². The molecule has 3 aliphatic rings. The highest BCUT2D eigenvalue weighted by Gasteiger charge is 2.48. The van der Waals surface area contributed by atoms with Crippen LogP contribution in [0.25, 0.3) is 0 Å². The van der Waals surface area contributed by atoms with Gasteiger partial charge in [-0.15, -0.1) is 11.3 Å². The average Bonchev–Trinajstić information content (AvgIpc) is 2.91. The standard InChI is InChI=1S/C17H20N2O4S/c1-8-9(2)24-7-12(8)15(20)18-19-16(21)13-10-3-5-11(6-4-10)14(13)17(22)23/h3,5,7,10-11,13-14H,4,6H2,1-2H3,(H,18,20)(H,19,21)(H,22,23). The van der Waals surface area contributed by atoms with Crippen LogP contribution in [0.3, 0.4) is 0 Å². The summed E-state index contributed by atoms with van der Waals surface area (Å²) < 4.78 is 0. The molecule has 2 amide bonds. The first-order valence-electron chi connectivity index (χ1n) is 7.96. The molecule has 2 bridgehead atoms. The van der Waals surface area contributed by atoms with E-state index in [-0.39, 0.29) is 17.7 Å². The van der Waals surface area contributed by atoms with Gasteiger partial charge < -0.3 is 5.11 Å². The number of hydrogen-bond acceptors (Lipinski definition) is 4. The normalized spacial score (nSPS) is 27.8. The lowest BCUT2D eigenvalue weighted by atomic mass is 9.62. The highest BCUT2D eigenvalue weighted by molar-refractivity contribution is 7.10. The van der Waals surface area contributed by atoms with E-state index in [4.69, 9.17) is 0 Å². The second-order valence-corrected chi connectivity index (χ2v) is 7.54. The molecule has 3 N–H and O–H groups in total. The van der Waals surface area contributed by atoms with Gasteiger partial charge in [-0.3, -0.25) is 25.2 Å². The monoisotopic (exact) mass is 348 g/mol. The van der Waals surface area contributed by atoms with E-state index in [1.54, 1.807) is 5.38 Å². The van der Waals surface area contributed by atoms with Gasteiger partial charge in [0.05, 0.1) is 17.4 Å². The average molecular weight is 348 g/mol. The Bertz CT molecular complexity index is 724. The summed E-state index contributed by atoms with van der Waals surface area (Å²) in [5.41, 5.74) is 6.26. The SMILES string of the molecule is Cc1scc(C(=O)NNC(=O)C2C3C=CC(CC3)C2C(=O)O)c1C. The lowest BCUT2D eigenvalue weighted by molar-refractivity contribution is -0.153. The van der Waals surface area contributed by atoms with Crippen molar-refractivity contribution >= 4 is 29.1 Å². The van der Waals surface area contributed by atoms with E-state index in [0.29, 0.717) is 5.56 Å². The molecule has 1 heterocycles. The summed E-state index contributed by atoms with van der Waals surface area (Å²) in [5, 5.41) is 11.2. The number of carbonyl (C=O) groups excluding carboxylic acids is 2. The third-order valence-electron chi connectivity index (χ3n) is 5.17. The molecule has 4 rings (SSSR count). The van der Waals surface area contributed by atoms with Crippen molar-refractivity contribution in [1.29, 1.82) is 0 Å². The fraction of sp³-hybridized carbons (Fsp3) is 0.471. The number of aryl methyl sites for hydroxylation is 1. The molecule has 4 atom stereocenters. The second kappa shape index (κ2) is 6.39. The number of fused-ring (bicyclic) bond motifs is 2. The van der Waals surface area contributed by atoms with Gasteiger partial charge in [-0.05, 0) is 44.1 Å². The number of nitrogens with one attached hydrogen (secondary N) is 2. The summed E-state index contributed by atoms with van der Waals surface area (Å²) in [6.07, 6.45) is 5.44. The van der Waals surface area contributed by atoms with Crippen LogP contribution in [0.5, 0.6) is 0 Å². The Kier molecular flexibility index (Phi) is 4.45. The number of carboxylic acids is 1. The maximum Gasteiger partial charge on any atom is 0.307 e. The lowest BCUT2D eigenvalue weighted by Crippen LogP contribution is -2.53. The molecule has 0 radical (unpaired) electrons. The van der Waals surface area contributed by atoms with E-state index in [2.05, 4.69) is 10.9 Å². The highest BCUT2D eigenvalue weighted by atomic mass is 32.1. The van der Waals surface area contributed by atoms with E-state index in [0.717, 1.165) is 23.3 Å². The maximum absolute atomic E-state index is 12.5. The van der Waals surface area contributed by atoms with Crippen molar-refractivity contribution < 1.29 is 19.5 Å². The molecular formula is C17H20N2O4S. The summed E-state index contributed by atoms with van der Waals surface area (Å²) in [4.78, 5) is 37.3. The predicted molar refractivity (Wildman–Crippen MR) is 89.4 cm³/mol. The molecule has 1 aromatic heterocycles. The summed E-state index contributed by atoms with van der Waals surface area (Å²) >= 11 is 1.48. The Hall–Kier alpha value is -2.15. The Morgan fingerprint density at radius 3 is 2.21 bits per heavy atom. The van der Waals surface area contributed by atoms with Gasteiger partial charge in [0.15, 0.2) is 0 Å². The number of rotatable bonds is 3. The van der Waals surface area contributed by atoms with Gasteiger partial charge in [-0.2, -0.15) is 0 Å². The molecule has 24 heavy (non-hydrogen) atoms. The molecule has 1 aromatic rings. The van der Waals surface area contributed by atoms with Crippen molar-refractivity contribution in [3.05, 3.63) is 33.5 Å². The predicted octanol–water partition coefficient (Wildman–Crippen LogP) is 2.04. The molecule has 7 heteroatoms. The molecule has 1 fully saturated rings. The maximum atomic E-state index is 12.5. The van der Waals surface area contributed by atoms with Crippen LogP contribution in [0.2, 0.25) is 0 Å². The number of thiophene rings is 1. The first-order chi connectivity index (χ1) is 11.4. The van der Waals surface area contributed by atoms with Gasteiger partial charge in [0, 0.05) is 10.3 Å². The lowest BCUT2D eigenvalue weighted by Gasteiger charge is -2.41. The van der Waals surface area contributed by atoms with E-state index in [1.165, 1.54) is 11.3 Å². The van der Waals surface area contributed by atoms with E-state index in [9.17, 15) is 19.5 Å². The topological polar surface area (TPSA) is 95.5 Å². The second-order valence-electron chi connectivity index (χ2n) is 6.45. The molecule has 3 aliphatic carbocycles. The smallest absolute Gasteiger partial charge is 0.307 e. The molecule has 0 aliphatic heterocycles. The number of hydrogen-bond donors (Lipinski definition) is 3. The minimum atomic E-state index is -0.954. The number of allylic oxidation sites excluding steroid dienone is 2. The zero-order chi connectivity index (χ0) is 17.4. The van der Waals surface area contributed by atoms with Crippen LogP contribution in [0, 0.1) is 37.5 Å². The third-order valence-corrected chi connectivity index (χ3v) is 6.18. The zero-order valence-corrected chi connectivity index (χ0v) is 14.4. The van der Waals surface area contributed by atoms with E-state index < -0.39 is 23.7 Å². The first kappa shape index (κ1) is 16.7. The van der Waals surface area contributed by atoms with Crippen molar-refractivity contribution in [2.45, 2.75) is 26.7 Å². The fourth-order valence-corrected chi connectivity index (χ4v) is 4.56. The largest absolute Gasteiger partial charge is 0.481 e. The number of amides is 2. The summed E-state index contributed by atoms with van der Waals surface area (Å²) in [7, 11) is 0. The van der Waals surface area contributed by atoms with Gasteiger partial charge in [0.1, 0.15) is 0 Å². The van der Waals surface area contributed by atoms with Gasteiger partial charge in [0.2, 0.25) is 5.91 Å². The molecule has 4 unspecified atom stereocenters. The molecule has 0 aromatic carbocycles. The van der Waals surface area contributed by atoms with Crippen molar-refractivity contribution in [3.8, 4) is 0 Å². The minimum Gasteiger partial charge on any atom is -0.481 e. The molecule has 0 saturated heterocycles. The Morgan fingerprint density at radius 1 is 1.08 bits per heavy atom. The molecule has 6 nitrogen and oxygen atoms in total. The Morgan fingerprint density at radius 2 is 1.71 bits per heavy atom. The van der Waals surface area contributed by atoms with Crippen LogP contribution in [0.15, 0.2) is 17.5 Å². The number of hydrazine groups is 1. The number of carbonyl (C=O) groups is 3. The van der Waals surface area contributed by atoms with Crippen molar-refractivity contribution in [2.75, 3.05) is 0 Å². The van der Waals surface area contributed by atoms with Crippen LogP contribution < -0.4 is 10.9 Å². The first-order valence-corrected chi connectivity index (χ1v) is 8.84. The summed E-state index contributed by atoms with van der Waals surface area (Å²) in [6.45, 7) is 3.78. The molecule has 0 spiro atoms. The van der Waals surface area contributed by atoms with E-state index >= 15 is 0 Å². The van der Waals surface area contributed by atoms with Crippen molar-refractivity contribution in [3.63, 3.8) is 0 Å². The van der Waals surface area contributed by atoms with Gasteiger partial charge in [-0.25, -0.2) is 0 Å². The van der Waals surface area contributed by atoms with Crippen molar-refractivity contribution in [1.82, 2.24) is 10.9 Å². The minimum absolute atomic E-state index is 0.0851. The van der Waals surface area contributed by atoms with Crippen LogP contribution in [-0.4, -0.2) is 22.9 Å². The van der Waals surface area contributed by atoms with Crippen LogP contribution in [0.4, 0.5) is 0 Å². The van der Waals surface area contributed by atoms with Gasteiger partial charge in [-0.1, -0.05) is 12.2 Å². The van der Waals surface area contributed by atoms with Crippen LogP contribution >= 0.6 is 11.3 Å². The highest BCUT2D eigenvalue weighted by Crippen LogP contribution is 2.44. The fourth-order valence-electron chi connectivity index (χ4n) is 3.69. The quantitative estimate of drug-likeness (QED) is 0.575. The number of carboxylic acid groups (broad SMARTS) is 1. The van der Waals surface area contributed by atoms with Gasteiger partial charge in [0.25, 0.3) is 5.91 Å². The van der Waals surface area contributed by atoms with Crippen LogP contribution in [-0.2, 0) is 9.59 Å². The summed E-state index contributed by atoms with van der Waals surface area (Å²) in [6, 6.07) is 0. The van der Waals surface area contributed by atoms with Crippen molar-refractivity contribution in [2.24, 2.45) is 23.7 Å². The Balaban J connectivity index is 1.68. The third kappa shape index (κ3) is 2.84. The zero-order valence-electron chi connectivity index (χ0n) is 13.5.